The standard InChI is InChI=1S/C9H11N5S/c1-14-6-7(5-13-14)15-9-8(4-10)11-2-3-12-9/h2-3,5-6H,4,10H2,1H3. The Balaban J connectivity index is 2.23. The third-order valence-electron chi connectivity index (χ3n) is 1.82. The second-order valence-electron chi connectivity index (χ2n) is 2.96. The fraction of sp³-hybridized carbons (Fsp3) is 0.222. The minimum Gasteiger partial charge on any atom is -0.325 e. The smallest absolute Gasteiger partial charge is 0.124 e. The Kier molecular flexibility index (Phi) is 2.98. The van der Waals surface area contributed by atoms with Crippen LogP contribution in [-0.4, -0.2) is 19.7 Å². The maximum atomic E-state index is 5.57. The molecule has 0 fully saturated rings. The maximum absolute atomic E-state index is 5.57. The van der Waals surface area contributed by atoms with Gasteiger partial charge in [-0.25, -0.2) is 4.98 Å². The number of aryl methyl sites for hydroxylation is 1. The van der Waals surface area contributed by atoms with E-state index in [1.54, 1.807) is 23.3 Å². The molecular weight excluding hydrogens is 210 g/mol. The molecule has 0 saturated heterocycles. The van der Waals surface area contributed by atoms with Gasteiger partial charge in [0.15, 0.2) is 0 Å². The van der Waals surface area contributed by atoms with Gasteiger partial charge in [-0.15, -0.1) is 0 Å². The van der Waals surface area contributed by atoms with Crippen LogP contribution >= 0.6 is 11.8 Å². The van der Waals surface area contributed by atoms with E-state index >= 15 is 0 Å². The third-order valence-corrected chi connectivity index (χ3v) is 2.81. The lowest BCUT2D eigenvalue weighted by atomic mass is 10.5. The van der Waals surface area contributed by atoms with Crippen molar-refractivity contribution in [2.45, 2.75) is 16.5 Å². The quantitative estimate of drug-likeness (QED) is 0.831. The monoisotopic (exact) mass is 221 g/mol. The molecule has 0 spiro atoms. The summed E-state index contributed by atoms with van der Waals surface area (Å²) in [6, 6.07) is 0. The van der Waals surface area contributed by atoms with Crippen molar-refractivity contribution in [3.8, 4) is 0 Å². The van der Waals surface area contributed by atoms with Crippen LogP contribution in [0, 0.1) is 0 Å². The van der Waals surface area contributed by atoms with Crippen LogP contribution in [0.2, 0.25) is 0 Å². The first-order valence-electron chi connectivity index (χ1n) is 4.46. The fourth-order valence-electron chi connectivity index (χ4n) is 1.14. The highest BCUT2D eigenvalue weighted by Gasteiger charge is 2.06. The minimum atomic E-state index is 0.399. The summed E-state index contributed by atoms with van der Waals surface area (Å²) in [5.41, 5.74) is 6.38. The van der Waals surface area contributed by atoms with Gasteiger partial charge in [0.1, 0.15) is 5.03 Å². The van der Waals surface area contributed by atoms with Crippen molar-refractivity contribution in [2.75, 3.05) is 0 Å². The largest absolute Gasteiger partial charge is 0.325 e. The first-order valence-corrected chi connectivity index (χ1v) is 5.27. The van der Waals surface area contributed by atoms with Gasteiger partial charge in [-0.2, -0.15) is 5.10 Å². The molecule has 5 nitrogen and oxygen atoms in total. The molecule has 2 aromatic heterocycles. The summed E-state index contributed by atoms with van der Waals surface area (Å²) in [5, 5.41) is 4.93. The highest BCUT2D eigenvalue weighted by molar-refractivity contribution is 7.99. The molecule has 0 aliphatic heterocycles. The van der Waals surface area contributed by atoms with Crippen LogP contribution in [0.1, 0.15) is 5.69 Å². The molecule has 0 bridgehead atoms. The van der Waals surface area contributed by atoms with Gasteiger partial charge < -0.3 is 5.73 Å². The van der Waals surface area contributed by atoms with Crippen molar-refractivity contribution < 1.29 is 0 Å². The van der Waals surface area contributed by atoms with Crippen molar-refractivity contribution in [2.24, 2.45) is 12.8 Å². The SMILES string of the molecule is Cn1cc(Sc2nccnc2CN)cn1. The van der Waals surface area contributed by atoms with E-state index in [9.17, 15) is 0 Å². The Bertz CT molecular complexity index is 453. The van der Waals surface area contributed by atoms with Gasteiger partial charge >= 0.3 is 0 Å². The van der Waals surface area contributed by atoms with Crippen LogP contribution in [0.3, 0.4) is 0 Å². The van der Waals surface area contributed by atoms with E-state index in [1.807, 2.05) is 13.2 Å². The average Bonchev–Trinajstić information content (AvgIpc) is 2.65. The second-order valence-corrected chi connectivity index (χ2v) is 4.03. The van der Waals surface area contributed by atoms with Gasteiger partial charge in [-0.05, 0) is 0 Å². The first-order chi connectivity index (χ1) is 7.29. The van der Waals surface area contributed by atoms with E-state index in [0.29, 0.717) is 6.54 Å². The molecule has 2 aromatic rings. The van der Waals surface area contributed by atoms with E-state index in [2.05, 4.69) is 15.1 Å². The third kappa shape index (κ3) is 2.34. The van der Waals surface area contributed by atoms with E-state index in [1.165, 1.54) is 11.8 Å². The number of nitrogens with two attached hydrogens (primary N) is 1. The summed E-state index contributed by atoms with van der Waals surface area (Å²) in [6.07, 6.45) is 7.03. The zero-order valence-corrected chi connectivity index (χ0v) is 9.11. The lowest BCUT2D eigenvalue weighted by molar-refractivity contribution is 0.766. The summed E-state index contributed by atoms with van der Waals surface area (Å²) in [6.45, 7) is 0.399. The zero-order valence-electron chi connectivity index (χ0n) is 8.29. The predicted molar refractivity (Wildman–Crippen MR) is 57.3 cm³/mol. The summed E-state index contributed by atoms with van der Waals surface area (Å²) in [4.78, 5) is 9.44. The molecular formula is C9H11N5S. The maximum Gasteiger partial charge on any atom is 0.124 e. The van der Waals surface area contributed by atoms with Crippen LogP contribution in [0.25, 0.3) is 0 Å². The van der Waals surface area contributed by atoms with Gasteiger partial charge in [-0.1, -0.05) is 11.8 Å². The molecule has 6 heteroatoms. The fourth-order valence-corrected chi connectivity index (χ4v) is 2.04. The van der Waals surface area contributed by atoms with Gasteiger partial charge in [0.25, 0.3) is 0 Å². The molecule has 0 saturated carbocycles. The first kappa shape index (κ1) is 10.1. The van der Waals surface area contributed by atoms with Gasteiger partial charge in [0, 0.05) is 32.2 Å². The van der Waals surface area contributed by atoms with Crippen molar-refractivity contribution in [3.63, 3.8) is 0 Å². The summed E-state index contributed by atoms with van der Waals surface area (Å²) in [5.74, 6) is 0. The van der Waals surface area contributed by atoms with Crippen LogP contribution < -0.4 is 5.73 Å². The molecule has 0 aromatic carbocycles. The lowest BCUT2D eigenvalue weighted by Gasteiger charge is -2.02. The molecule has 0 atom stereocenters. The number of aromatic nitrogens is 4. The Labute approximate surface area is 91.7 Å². The Morgan fingerprint density at radius 2 is 2.20 bits per heavy atom. The Morgan fingerprint density at radius 3 is 2.87 bits per heavy atom. The highest BCUT2D eigenvalue weighted by atomic mass is 32.2. The molecule has 0 unspecified atom stereocenters. The Hall–Kier alpha value is -1.40. The highest BCUT2D eigenvalue weighted by Crippen LogP contribution is 2.26. The van der Waals surface area contributed by atoms with E-state index in [0.717, 1.165) is 15.6 Å². The predicted octanol–water partition coefficient (Wildman–Crippen LogP) is 0.820. The molecule has 0 radical (unpaired) electrons. The number of hydrogen-bond donors (Lipinski definition) is 1. The van der Waals surface area contributed by atoms with Gasteiger partial charge in [-0.3, -0.25) is 9.67 Å². The lowest BCUT2D eigenvalue weighted by Crippen LogP contribution is -2.02. The van der Waals surface area contributed by atoms with E-state index in [4.69, 9.17) is 5.73 Å². The molecule has 0 amide bonds. The molecule has 2 N–H and O–H groups in total. The normalized spacial score (nSPS) is 10.5. The molecule has 2 heterocycles. The Morgan fingerprint density at radius 1 is 1.40 bits per heavy atom. The summed E-state index contributed by atoms with van der Waals surface area (Å²) < 4.78 is 1.75. The van der Waals surface area contributed by atoms with Crippen molar-refractivity contribution in [1.29, 1.82) is 0 Å². The molecule has 78 valence electrons. The van der Waals surface area contributed by atoms with Gasteiger partial charge in [0.2, 0.25) is 0 Å². The van der Waals surface area contributed by atoms with Crippen molar-refractivity contribution in [1.82, 2.24) is 19.7 Å². The number of nitrogens with zero attached hydrogens (tertiary/aromatic N) is 4. The van der Waals surface area contributed by atoms with E-state index < -0.39 is 0 Å². The number of rotatable bonds is 3. The summed E-state index contributed by atoms with van der Waals surface area (Å²) >= 11 is 1.52. The molecule has 0 aliphatic carbocycles. The van der Waals surface area contributed by atoms with Crippen molar-refractivity contribution >= 4 is 11.8 Å². The molecule has 2 rings (SSSR count). The minimum absolute atomic E-state index is 0.399. The van der Waals surface area contributed by atoms with E-state index in [-0.39, 0.29) is 0 Å². The van der Waals surface area contributed by atoms with Crippen LogP contribution in [-0.2, 0) is 13.6 Å². The molecule has 15 heavy (non-hydrogen) atoms. The van der Waals surface area contributed by atoms with Crippen LogP contribution in [0.5, 0.6) is 0 Å². The topological polar surface area (TPSA) is 69.6 Å². The average molecular weight is 221 g/mol. The number of hydrogen-bond acceptors (Lipinski definition) is 5. The zero-order chi connectivity index (χ0) is 10.7. The molecule has 0 aliphatic rings. The summed E-state index contributed by atoms with van der Waals surface area (Å²) in [7, 11) is 1.88. The van der Waals surface area contributed by atoms with Crippen LogP contribution in [0.4, 0.5) is 0 Å². The van der Waals surface area contributed by atoms with Crippen LogP contribution in [0.15, 0.2) is 34.7 Å². The second kappa shape index (κ2) is 4.41. The van der Waals surface area contributed by atoms with Crippen molar-refractivity contribution in [3.05, 3.63) is 30.5 Å². The van der Waals surface area contributed by atoms with Gasteiger partial charge in [0.05, 0.1) is 16.8 Å².